The van der Waals surface area contributed by atoms with Gasteiger partial charge in [0.05, 0.1) is 23.6 Å². The van der Waals surface area contributed by atoms with Crippen molar-refractivity contribution in [1.29, 1.82) is 0 Å². The van der Waals surface area contributed by atoms with Gasteiger partial charge in [-0.3, -0.25) is 9.59 Å². The molecule has 11 heteroatoms. The van der Waals surface area contributed by atoms with E-state index in [1.807, 2.05) is 31.2 Å². The Morgan fingerprint density at radius 1 is 1.13 bits per heavy atom. The SMILES string of the molecule is CC(=O)NCCO[C@H]1/C=C/C[C@H](C)[C@@H](C)S(=O)(=O)NC(=O)c2ccc3c(c2)N(CCCCc2cc(Cl)ccc2CO3)C[C@@H]2CC[C@H]21. The predicted octanol–water partition coefficient (Wildman–Crippen LogP) is 5.65. The van der Waals surface area contributed by atoms with Gasteiger partial charge in [-0.2, -0.15) is 0 Å². The summed E-state index contributed by atoms with van der Waals surface area (Å²) in [6, 6.07) is 11.1. The molecular weight excluding hydrogens is 626 g/mol. The van der Waals surface area contributed by atoms with Crippen LogP contribution in [0.3, 0.4) is 0 Å². The number of benzene rings is 2. The number of rotatable bonds is 4. The number of nitrogens with one attached hydrogen (secondary N) is 2. The second-order valence-corrected chi connectivity index (χ2v) is 15.4. The van der Waals surface area contributed by atoms with Gasteiger partial charge in [0, 0.05) is 37.1 Å². The lowest BCUT2D eigenvalue weighted by Crippen LogP contribution is -2.44. The van der Waals surface area contributed by atoms with Crippen LogP contribution in [0.2, 0.25) is 5.02 Å². The summed E-state index contributed by atoms with van der Waals surface area (Å²) < 4.78 is 41.7. The van der Waals surface area contributed by atoms with Crippen molar-refractivity contribution in [2.45, 2.75) is 77.3 Å². The summed E-state index contributed by atoms with van der Waals surface area (Å²) >= 11 is 6.34. The summed E-state index contributed by atoms with van der Waals surface area (Å²) in [4.78, 5) is 27.1. The van der Waals surface area contributed by atoms with Gasteiger partial charge in [0.1, 0.15) is 12.4 Å². The lowest BCUT2D eigenvalue weighted by atomic mass is 9.70. The number of carbonyl (C=O) groups excluding carboxylic acids is 2. The van der Waals surface area contributed by atoms with Gasteiger partial charge < -0.3 is 19.7 Å². The molecule has 2 aromatic rings. The van der Waals surface area contributed by atoms with Crippen LogP contribution < -0.4 is 19.7 Å². The standard InChI is InChI=1S/C35H46ClN3O6S/c1-23-7-6-9-33(44-18-16-37-25(3)40)31-14-11-28(31)21-39-17-5-4-8-26-19-30(36)13-10-29(26)22-45-34-15-12-27(20-32(34)39)35(41)38-46(42,43)24(23)2/h6,9-10,12-13,15,19-20,23-24,28,31,33H,4-5,7-8,11,14,16-18,21-22H2,1-3H3,(H,37,40)(H,38,41)/b9-6+/t23-,24+,28-,31+,33-/m0/s1. The Kier molecular flexibility index (Phi) is 11.3. The van der Waals surface area contributed by atoms with Crippen LogP contribution in [0.25, 0.3) is 0 Å². The van der Waals surface area contributed by atoms with Crippen molar-refractivity contribution < 1.29 is 27.5 Å². The van der Waals surface area contributed by atoms with Gasteiger partial charge in [0.15, 0.2) is 0 Å². The lowest BCUT2D eigenvalue weighted by Gasteiger charge is -2.44. The number of carbonyl (C=O) groups is 2. The highest BCUT2D eigenvalue weighted by molar-refractivity contribution is 7.90. The number of amides is 2. The highest BCUT2D eigenvalue weighted by atomic mass is 35.5. The van der Waals surface area contributed by atoms with E-state index in [1.54, 1.807) is 25.1 Å². The lowest BCUT2D eigenvalue weighted by molar-refractivity contribution is -0.119. The molecule has 1 saturated carbocycles. The third-order valence-corrected chi connectivity index (χ3v) is 11.9. The van der Waals surface area contributed by atoms with Crippen LogP contribution in [0.15, 0.2) is 48.6 Å². The molecule has 5 rings (SSSR count). The Balaban J connectivity index is 1.50. The van der Waals surface area contributed by atoms with Gasteiger partial charge in [-0.25, -0.2) is 13.1 Å². The summed E-state index contributed by atoms with van der Waals surface area (Å²) in [5.41, 5.74) is 3.29. The first-order valence-electron chi connectivity index (χ1n) is 16.4. The predicted molar refractivity (Wildman–Crippen MR) is 181 cm³/mol. The molecule has 2 aromatic carbocycles. The van der Waals surface area contributed by atoms with Crippen molar-refractivity contribution in [3.63, 3.8) is 0 Å². The quantitative estimate of drug-likeness (QED) is 0.319. The first kappa shape index (κ1) is 34.3. The average Bonchev–Trinajstić information content (AvgIpc) is 3.03. The third kappa shape index (κ3) is 8.44. The fourth-order valence-corrected chi connectivity index (χ4v) is 8.05. The normalized spacial score (nSPS) is 27.3. The molecule has 0 saturated heterocycles. The van der Waals surface area contributed by atoms with Crippen molar-refractivity contribution in [3.8, 4) is 5.75 Å². The number of hydrogen-bond acceptors (Lipinski definition) is 7. The molecule has 0 spiro atoms. The Morgan fingerprint density at radius 2 is 1.96 bits per heavy atom. The molecule has 9 nitrogen and oxygen atoms in total. The van der Waals surface area contributed by atoms with Crippen molar-refractivity contribution in [2.75, 3.05) is 31.1 Å². The minimum atomic E-state index is -3.94. The summed E-state index contributed by atoms with van der Waals surface area (Å²) in [5.74, 6) is 0.267. The second-order valence-electron chi connectivity index (χ2n) is 12.9. The van der Waals surface area contributed by atoms with Crippen LogP contribution in [0.4, 0.5) is 5.69 Å². The summed E-state index contributed by atoms with van der Waals surface area (Å²) in [5, 5.41) is 2.71. The molecule has 1 fully saturated rings. The Labute approximate surface area is 278 Å². The van der Waals surface area contributed by atoms with E-state index in [1.165, 1.54) is 12.5 Å². The van der Waals surface area contributed by atoms with Gasteiger partial charge in [0.25, 0.3) is 5.91 Å². The number of ether oxygens (including phenoxy) is 2. The first-order chi connectivity index (χ1) is 22.0. The summed E-state index contributed by atoms with van der Waals surface area (Å²) in [6.45, 7) is 7.66. The molecule has 5 atom stereocenters. The molecule has 0 aromatic heterocycles. The molecule has 2 amide bonds. The molecule has 250 valence electrons. The molecule has 1 aliphatic carbocycles. The van der Waals surface area contributed by atoms with E-state index in [0.717, 1.165) is 56.4 Å². The topological polar surface area (TPSA) is 114 Å². The van der Waals surface area contributed by atoms with E-state index in [-0.39, 0.29) is 29.4 Å². The number of aryl methyl sites for hydroxylation is 1. The number of anilines is 1. The van der Waals surface area contributed by atoms with Crippen molar-refractivity contribution >= 4 is 39.1 Å². The van der Waals surface area contributed by atoms with Gasteiger partial charge in [0.2, 0.25) is 15.9 Å². The van der Waals surface area contributed by atoms with Crippen LogP contribution in [0.1, 0.15) is 74.4 Å². The summed E-state index contributed by atoms with van der Waals surface area (Å²) in [7, 11) is -3.94. The first-order valence-corrected chi connectivity index (χ1v) is 18.3. The molecule has 2 bridgehead atoms. The van der Waals surface area contributed by atoms with Gasteiger partial charge in [-0.05, 0) is 105 Å². The second kappa shape index (κ2) is 15.2. The minimum Gasteiger partial charge on any atom is -0.487 e. The number of hydrogen-bond donors (Lipinski definition) is 2. The Hall–Kier alpha value is -3.08. The Morgan fingerprint density at radius 3 is 2.72 bits per heavy atom. The van der Waals surface area contributed by atoms with Crippen molar-refractivity contribution in [3.05, 3.63) is 70.3 Å². The van der Waals surface area contributed by atoms with Gasteiger partial charge in [-0.1, -0.05) is 36.7 Å². The highest BCUT2D eigenvalue weighted by Crippen LogP contribution is 2.42. The van der Waals surface area contributed by atoms with E-state index in [9.17, 15) is 18.0 Å². The van der Waals surface area contributed by atoms with Gasteiger partial charge in [-0.15, -0.1) is 0 Å². The van der Waals surface area contributed by atoms with E-state index in [0.29, 0.717) is 42.9 Å². The average molecular weight is 672 g/mol. The van der Waals surface area contributed by atoms with Crippen molar-refractivity contribution in [2.24, 2.45) is 17.8 Å². The fourth-order valence-electron chi connectivity index (χ4n) is 6.57. The molecule has 0 unspecified atom stereocenters. The van der Waals surface area contributed by atoms with Crippen LogP contribution in [-0.4, -0.2) is 57.8 Å². The third-order valence-electron chi connectivity index (χ3n) is 9.74. The maximum absolute atomic E-state index is 13.4. The zero-order valence-corrected chi connectivity index (χ0v) is 28.5. The van der Waals surface area contributed by atoms with E-state index in [2.05, 4.69) is 21.0 Å². The molecule has 2 heterocycles. The molecule has 2 N–H and O–H groups in total. The molecule has 2 aliphatic heterocycles. The van der Waals surface area contributed by atoms with Crippen LogP contribution in [0, 0.1) is 17.8 Å². The van der Waals surface area contributed by atoms with Crippen molar-refractivity contribution in [1.82, 2.24) is 10.0 Å². The molecule has 3 aliphatic rings. The van der Waals surface area contributed by atoms with E-state index >= 15 is 0 Å². The maximum Gasteiger partial charge on any atom is 0.264 e. The molecular formula is C35H46ClN3O6S. The van der Waals surface area contributed by atoms with E-state index in [4.69, 9.17) is 21.1 Å². The summed E-state index contributed by atoms with van der Waals surface area (Å²) in [6.07, 6.45) is 9.25. The van der Waals surface area contributed by atoms with Crippen LogP contribution in [-0.2, 0) is 32.6 Å². The number of halogens is 1. The zero-order valence-electron chi connectivity index (χ0n) is 27.0. The fraction of sp³-hybridized carbons (Fsp3) is 0.543. The largest absolute Gasteiger partial charge is 0.487 e. The van der Waals surface area contributed by atoms with Crippen LogP contribution >= 0.6 is 11.6 Å². The zero-order chi connectivity index (χ0) is 32.8. The number of sulfonamides is 1. The molecule has 0 radical (unpaired) electrons. The van der Waals surface area contributed by atoms with Gasteiger partial charge >= 0.3 is 0 Å². The Bertz CT molecular complexity index is 1550. The number of nitrogens with zero attached hydrogens (tertiary/aromatic N) is 1. The minimum absolute atomic E-state index is 0.0965. The van der Waals surface area contributed by atoms with E-state index < -0.39 is 21.2 Å². The maximum atomic E-state index is 13.4. The molecule has 46 heavy (non-hydrogen) atoms. The number of fused-ring (bicyclic) bond motifs is 3. The number of allylic oxidation sites excluding steroid dienone is 1. The smallest absolute Gasteiger partial charge is 0.264 e. The van der Waals surface area contributed by atoms with Crippen LogP contribution in [0.5, 0.6) is 5.75 Å². The highest BCUT2D eigenvalue weighted by Gasteiger charge is 2.38. The monoisotopic (exact) mass is 671 g/mol.